The number of aliphatic hydroxyl groups excluding tert-OH is 1. The third kappa shape index (κ3) is 5.41. The monoisotopic (exact) mass is 265 g/mol. The van der Waals surface area contributed by atoms with Crippen molar-refractivity contribution in [3.8, 4) is 0 Å². The van der Waals surface area contributed by atoms with Gasteiger partial charge in [0, 0.05) is 19.2 Å². The summed E-state index contributed by atoms with van der Waals surface area (Å²) in [5, 5.41) is 8.81. The topological polar surface area (TPSA) is 49.8 Å². The zero-order valence-corrected chi connectivity index (χ0v) is 12.1. The molecule has 19 heavy (non-hydrogen) atoms. The van der Waals surface area contributed by atoms with Crippen molar-refractivity contribution in [2.75, 3.05) is 20.2 Å². The van der Waals surface area contributed by atoms with E-state index in [9.17, 15) is 4.79 Å². The molecule has 106 valence electrons. The highest BCUT2D eigenvalue weighted by atomic mass is 16.5. The highest BCUT2D eigenvalue weighted by molar-refractivity contribution is 5.94. The number of hydrogen-bond donors (Lipinski definition) is 1. The summed E-state index contributed by atoms with van der Waals surface area (Å²) in [4.78, 5) is 13.4. The van der Waals surface area contributed by atoms with E-state index in [1.165, 1.54) is 4.90 Å². The van der Waals surface area contributed by atoms with Gasteiger partial charge >= 0.3 is 0 Å². The molecule has 0 aliphatic rings. The van der Waals surface area contributed by atoms with Crippen molar-refractivity contribution in [3.63, 3.8) is 0 Å². The van der Waals surface area contributed by atoms with Crippen LogP contribution in [-0.2, 0) is 11.3 Å². The molecule has 0 aliphatic heterocycles. The zero-order chi connectivity index (χ0) is 14.5. The van der Waals surface area contributed by atoms with Crippen LogP contribution in [0.4, 0.5) is 0 Å². The predicted molar refractivity (Wildman–Crippen MR) is 75.0 cm³/mol. The van der Waals surface area contributed by atoms with Gasteiger partial charge in [-0.2, -0.15) is 0 Å². The number of rotatable bonds is 5. The van der Waals surface area contributed by atoms with Crippen LogP contribution in [-0.4, -0.2) is 41.7 Å². The van der Waals surface area contributed by atoms with E-state index in [1.54, 1.807) is 19.2 Å². The van der Waals surface area contributed by atoms with Crippen LogP contribution in [0, 0.1) is 0 Å². The molecule has 0 saturated heterocycles. The standard InChI is InChI=1S/C15H23NO3/c1-15(2,3)19-11-12-5-7-13(8-6-12)14(18)16(4)9-10-17/h5-8,17H,9-11H2,1-4H3. The Morgan fingerprint density at radius 1 is 1.26 bits per heavy atom. The van der Waals surface area contributed by atoms with Crippen molar-refractivity contribution in [2.24, 2.45) is 0 Å². The molecule has 0 spiro atoms. The average Bonchev–Trinajstić information content (AvgIpc) is 2.35. The Kier molecular flexibility index (Phi) is 5.51. The number of ether oxygens (including phenoxy) is 1. The van der Waals surface area contributed by atoms with Gasteiger partial charge in [0.05, 0.1) is 18.8 Å². The molecule has 1 aromatic rings. The van der Waals surface area contributed by atoms with Crippen LogP contribution in [0.25, 0.3) is 0 Å². The van der Waals surface area contributed by atoms with E-state index in [0.717, 1.165) is 5.56 Å². The molecular weight excluding hydrogens is 242 g/mol. The smallest absolute Gasteiger partial charge is 0.253 e. The molecule has 0 aliphatic carbocycles. The van der Waals surface area contributed by atoms with Gasteiger partial charge in [0.15, 0.2) is 0 Å². The minimum absolute atomic E-state index is 0.0280. The summed E-state index contributed by atoms with van der Waals surface area (Å²) >= 11 is 0. The number of aliphatic hydroxyl groups is 1. The quantitative estimate of drug-likeness (QED) is 0.886. The van der Waals surface area contributed by atoms with E-state index in [1.807, 2.05) is 32.9 Å². The Morgan fingerprint density at radius 3 is 2.32 bits per heavy atom. The minimum atomic E-state index is -0.171. The summed E-state index contributed by atoms with van der Waals surface area (Å²) in [6.07, 6.45) is 0. The van der Waals surface area contributed by atoms with Crippen LogP contribution >= 0.6 is 0 Å². The van der Waals surface area contributed by atoms with E-state index in [2.05, 4.69) is 0 Å². The molecule has 0 heterocycles. The third-order valence-electron chi connectivity index (χ3n) is 2.65. The number of likely N-dealkylation sites (N-methyl/N-ethyl adjacent to an activating group) is 1. The molecule has 0 saturated carbocycles. The second-order valence-electron chi connectivity index (χ2n) is 5.55. The molecule has 0 fully saturated rings. The molecule has 0 aromatic heterocycles. The summed E-state index contributed by atoms with van der Waals surface area (Å²) in [5.41, 5.74) is 1.49. The fourth-order valence-corrected chi connectivity index (χ4v) is 1.52. The maximum atomic E-state index is 11.9. The summed E-state index contributed by atoms with van der Waals surface area (Å²) in [6.45, 7) is 6.87. The first-order chi connectivity index (χ1) is 8.83. The molecule has 0 atom stereocenters. The Labute approximate surface area is 115 Å². The van der Waals surface area contributed by atoms with Crippen LogP contribution in [0.5, 0.6) is 0 Å². The van der Waals surface area contributed by atoms with Gasteiger partial charge in [-0.3, -0.25) is 4.79 Å². The summed E-state index contributed by atoms with van der Waals surface area (Å²) in [5.74, 6) is -0.0858. The molecule has 1 rings (SSSR count). The van der Waals surface area contributed by atoms with Crippen LogP contribution < -0.4 is 0 Å². The van der Waals surface area contributed by atoms with E-state index < -0.39 is 0 Å². The maximum Gasteiger partial charge on any atom is 0.253 e. The fraction of sp³-hybridized carbons (Fsp3) is 0.533. The Bertz CT molecular complexity index is 406. The first kappa shape index (κ1) is 15.7. The van der Waals surface area contributed by atoms with Crippen LogP contribution in [0.15, 0.2) is 24.3 Å². The summed E-state index contributed by atoms with van der Waals surface area (Å²) in [6, 6.07) is 7.37. The van der Waals surface area contributed by atoms with Crippen molar-refractivity contribution in [2.45, 2.75) is 33.0 Å². The molecule has 1 aromatic carbocycles. The van der Waals surface area contributed by atoms with E-state index in [4.69, 9.17) is 9.84 Å². The largest absolute Gasteiger partial charge is 0.395 e. The highest BCUT2D eigenvalue weighted by Gasteiger charge is 2.12. The van der Waals surface area contributed by atoms with Gasteiger partial charge < -0.3 is 14.7 Å². The van der Waals surface area contributed by atoms with E-state index in [-0.39, 0.29) is 18.1 Å². The molecule has 0 unspecified atom stereocenters. The third-order valence-corrected chi connectivity index (χ3v) is 2.65. The van der Waals surface area contributed by atoms with Gasteiger partial charge in [0.1, 0.15) is 0 Å². The number of carbonyl (C=O) groups is 1. The normalized spacial score (nSPS) is 11.4. The van der Waals surface area contributed by atoms with Crippen LogP contribution in [0.2, 0.25) is 0 Å². The predicted octanol–water partition coefficient (Wildman–Crippen LogP) is 2.07. The van der Waals surface area contributed by atoms with Crippen molar-refractivity contribution in [1.82, 2.24) is 4.90 Å². The van der Waals surface area contributed by atoms with Crippen LogP contribution in [0.3, 0.4) is 0 Å². The first-order valence-corrected chi connectivity index (χ1v) is 6.43. The minimum Gasteiger partial charge on any atom is -0.395 e. The average molecular weight is 265 g/mol. The zero-order valence-electron chi connectivity index (χ0n) is 12.1. The molecular formula is C15H23NO3. The van der Waals surface area contributed by atoms with Crippen molar-refractivity contribution >= 4 is 5.91 Å². The fourth-order valence-electron chi connectivity index (χ4n) is 1.52. The first-order valence-electron chi connectivity index (χ1n) is 6.43. The van der Waals surface area contributed by atoms with Crippen molar-refractivity contribution < 1.29 is 14.6 Å². The number of carbonyl (C=O) groups excluding carboxylic acids is 1. The van der Waals surface area contributed by atoms with Gasteiger partial charge in [-0.05, 0) is 38.5 Å². The van der Waals surface area contributed by atoms with Gasteiger partial charge in [-0.25, -0.2) is 0 Å². The lowest BCUT2D eigenvalue weighted by Crippen LogP contribution is -2.29. The molecule has 4 heteroatoms. The Hall–Kier alpha value is -1.39. The van der Waals surface area contributed by atoms with Gasteiger partial charge in [0.2, 0.25) is 0 Å². The lowest BCUT2D eigenvalue weighted by atomic mass is 10.1. The summed E-state index contributed by atoms with van der Waals surface area (Å²) < 4.78 is 5.67. The maximum absolute atomic E-state index is 11.9. The van der Waals surface area contributed by atoms with Gasteiger partial charge in [-0.15, -0.1) is 0 Å². The van der Waals surface area contributed by atoms with Crippen molar-refractivity contribution in [1.29, 1.82) is 0 Å². The number of nitrogens with zero attached hydrogens (tertiary/aromatic N) is 1. The number of benzene rings is 1. The van der Waals surface area contributed by atoms with E-state index in [0.29, 0.717) is 18.7 Å². The summed E-state index contributed by atoms with van der Waals surface area (Å²) in [7, 11) is 1.68. The lowest BCUT2D eigenvalue weighted by molar-refractivity contribution is -0.0149. The highest BCUT2D eigenvalue weighted by Crippen LogP contribution is 2.13. The van der Waals surface area contributed by atoms with E-state index >= 15 is 0 Å². The van der Waals surface area contributed by atoms with Gasteiger partial charge in [-0.1, -0.05) is 12.1 Å². The molecule has 4 nitrogen and oxygen atoms in total. The molecule has 1 N–H and O–H groups in total. The Morgan fingerprint density at radius 2 is 1.84 bits per heavy atom. The number of hydrogen-bond acceptors (Lipinski definition) is 3. The van der Waals surface area contributed by atoms with Crippen LogP contribution in [0.1, 0.15) is 36.7 Å². The molecule has 0 radical (unpaired) electrons. The lowest BCUT2D eigenvalue weighted by Gasteiger charge is -2.20. The van der Waals surface area contributed by atoms with Crippen molar-refractivity contribution in [3.05, 3.63) is 35.4 Å². The second kappa shape index (κ2) is 6.68. The Balaban J connectivity index is 2.63. The van der Waals surface area contributed by atoms with Gasteiger partial charge in [0.25, 0.3) is 5.91 Å². The second-order valence-corrected chi connectivity index (χ2v) is 5.55. The number of amides is 1. The molecule has 1 amide bonds. The SMILES string of the molecule is CN(CCO)C(=O)c1ccc(COC(C)(C)C)cc1. The molecule has 0 bridgehead atoms.